The normalized spacial score (nSPS) is 14.6. The van der Waals surface area contributed by atoms with Gasteiger partial charge in [-0.25, -0.2) is 0 Å². The number of piperidine rings is 1. The Hall–Kier alpha value is -2.60. The number of carbonyl (C=O) groups is 1. The minimum atomic E-state index is -0.267. The van der Waals surface area contributed by atoms with Crippen LogP contribution >= 0.6 is 11.3 Å². The van der Waals surface area contributed by atoms with Gasteiger partial charge in [-0.3, -0.25) is 9.59 Å². The van der Waals surface area contributed by atoms with E-state index in [9.17, 15) is 9.59 Å². The third-order valence-electron chi connectivity index (χ3n) is 4.37. The number of nitrogens with one attached hydrogen (secondary N) is 1. The highest BCUT2D eigenvalue weighted by Crippen LogP contribution is 2.29. The van der Waals surface area contributed by atoms with Crippen molar-refractivity contribution in [2.75, 3.05) is 23.3 Å². The number of hydrogen-bond donors (Lipinski definition) is 1. The van der Waals surface area contributed by atoms with Crippen LogP contribution in [0.25, 0.3) is 10.3 Å². The molecule has 0 unspecified atom stereocenters. The van der Waals surface area contributed by atoms with E-state index in [1.54, 1.807) is 11.4 Å². The van der Waals surface area contributed by atoms with Crippen molar-refractivity contribution in [1.82, 2.24) is 0 Å². The van der Waals surface area contributed by atoms with Gasteiger partial charge in [-0.2, -0.15) is 0 Å². The van der Waals surface area contributed by atoms with E-state index in [4.69, 9.17) is 4.42 Å². The summed E-state index contributed by atoms with van der Waals surface area (Å²) in [5, 5.41) is 4.54. The molecule has 0 aliphatic carbocycles. The Morgan fingerprint density at radius 1 is 1.12 bits per heavy atom. The van der Waals surface area contributed by atoms with E-state index in [0.717, 1.165) is 25.9 Å². The average molecular weight is 354 g/mol. The van der Waals surface area contributed by atoms with Crippen LogP contribution in [0.1, 0.15) is 29.6 Å². The van der Waals surface area contributed by atoms with Crippen LogP contribution in [0.15, 0.2) is 51.0 Å². The molecule has 2 aromatic heterocycles. The predicted octanol–water partition coefficient (Wildman–Crippen LogP) is 4.10. The SMILES string of the molecule is O=C(Nc1ccccc1)c1csc2c(=O)cc(N3CCCCC3)oc12. The van der Waals surface area contributed by atoms with Crippen LogP contribution in [0, 0.1) is 0 Å². The molecule has 1 fully saturated rings. The number of carbonyl (C=O) groups excluding carboxylic acids is 1. The summed E-state index contributed by atoms with van der Waals surface area (Å²) < 4.78 is 6.47. The van der Waals surface area contributed by atoms with E-state index >= 15 is 0 Å². The Labute approximate surface area is 148 Å². The molecule has 128 valence electrons. The average Bonchev–Trinajstić information content (AvgIpc) is 3.08. The van der Waals surface area contributed by atoms with Crippen LogP contribution in [0.4, 0.5) is 11.6 Å². The minimum absolute atomic E-state index is 0.0921. The fraction of sp³-hybridized carbons (Fsp3) is 0.263. The molecule has 0 bridgehead atoms. The first-order valence-corrected chi connectivity index (χ1v) is 9.27. The number of rotatable bonds is 3. The number of hydrogen-bond acceptors (Lipinski definition) is 5. The van der Waals surface area contributed by atoms with Gasteiger partial charge in [0.15, 0.2) is 11.5 Å². The van der Waals surface area contributed by atoms with Crippen molar-refractivity contribution in [2.24, 2.45) is 0 Å². The number of benzene rings is 1. The molecular formula is C19H18N2O3S. The molecule has 3 aromatic rings. The maximum absolute atomic E-state index is 12.6. The lowest BCUT2D eigenvalue weighted by Crippen LogP contribution is -2.30. The van der Waals surface area contributed by atoms with Gasteiger partial charge in [-0.1, -0.05) is 18.2 Å². The monoisotopic (exact) mass is 354 g/mol. The quantitative estimate of drug-likeness (QED) is 0.769. The zero-order valence-corrected chi connectivity index (χ0v) is 14.5. The van der Waals surface area contributed by atoms with E-state index < -0.39 is 0 Å². The van der Waals surface area contributed by atoms with E-state index in [2.05, 4.69) is 10.2 Å². The third kappa shape index (κ3) is 3.17. The molecule has 1 N–H and O–H groups in total. The number of fused-ring (bicyclic) bond motifs is 1. The molecule has 1 aliphatic heterocycles. The molecule has 0 radical (unpaired) electrons. The van der Waals surface area contributed by atoms with Crippen LogP contribution in [-0.4, -0.2) is 19.0 Å². The molecule has 5 nitrogen and oxygen atoms in total. The summed E-state index contributed by atoms with van der Waals surface area (Å²) in [5.74, 6) is 0.292. The summed E-state index contributed by atoms with van der Waals surface area (Å²) in [7, 11) is 0. The molecular weight excluding hydrogens is 336 g/mol. The van der Waals surface area contributed by atoms with E-state index in [-0.39, 0.29) is 11.3 Å². The van der Waals surface area contributed by atoms with Gasteiger partial charge >= 0.3 is 0 Å². The molecule has 1 aromatic carbocycles. The van der Waals surface area contributed by atoms with Crippen LogP contribution in [0.3, 0.4) is 0 Å². The van der Waals surface area contributed by atoms with Crippen LogP contribution in [0.2, 0.25) is 0 Å². The Morgan fingerprint density at radius 3 is 2.64 bits per heavy atom. The third-order valence-corrected chi connectivity index (χ3v) is 5.35. The Bertz CT molecular complexity index is 956. The molecule has 1 aliphatic rings. The van der Waals surface area contributed by atoms with Gasteiger partial charge in [0.25, 0.3) is 5.91 Å². The Balaban J connectivity index is 1.70. The van der Waals surface area contributed by atoms with Gasteiger partial charge in [-0.05, 0) is 31.4 Å². The number of thiophene rings is 1. The predicted molar refractivity (Wildman–Crippen MR) is 101 cm³/mol. The van der Waals surface area contributed by atoms with Crippen LogP contribution < -0.4 is 15.6 Å². The zero-order chi connectivity index (χ0) is 17.2. The molecule has 1 saturated heterocycles. The van der Waals surface area contributed by atoms with E-state index in [1.165, 1.54) is 17.8 Å². The highest BCUT2D eigenvalue weighted by atomic mass is 32.1. The second-order valence-corrected chi connectivity index (χ2v) is 7.00. The molecule has 1 amide bonds. The molecule has 0 saturated carbocycles. The maximum atomic E-state index is 12.6. The molecule has 4 rings (SSSR count). The van der Waals surface area contributed by atoms with Crippen molar-refractivity contribution in [1.29, 1.82) is 0 Å². The van der Waals surface area contributed by atoms with Crippen molar-refractivity contribution in [3.63, 3.8) is 0 Å². The van der Waals surface area contributed by atoms with E-state index in [0.29, 0.717) is 27.4 Å². The first-order valence-electron chi connectivity index (χ1n) is 8.39. The van der Waals surface area contributed by atoms with Crippen molar-refractivity contribution in [2.45, 2.75) is 19.3 Å². The van der Waals surface area contributed by atoms with E-state index in [1.807, 2.05) is 30.3 Å². The number of nitrogens with zero attached hydrogens (tertiary/aromatic N) is 1. The molecule has 3 heterocycles. The highest BCUT2D eigenvalue weighted by Gasteiger charge is 2.20. The molecule has 0 atom stereocenters. The van der Waals surface area contributed by atoms with Gasteiger partial charge in [0.1, 0.15) is 4.70 Å². The summed E-state index contributed by atoms with van der Waals surface area (Å²) in [5.41, 5.74) is 1.40. The standard InChI is InChI=1S/C19H18N2O3S/c22-15-11-16(21-9-5-2-6-10-21)24-17-14(12-25-18(15)17)19(23)20-13-7-3-1-4-8-13/h1,3-4,7-8,11-12H,2,5-6,9-10H2,(H,20,23). The molecule has 6 heteroatoms. The van der Waals surface area contributed by atoms with Crippen molar-refractivity contribution in [3.8, 4) is 0 Å². The van der Waals surface area contributed by atoms with Gasteiger partial charge in [-0.15, -0.1) is 11.3 Å². The Morgan fingerprint density at radius 2 is 1.88 bits per heavy atom. The fourth-order valence-electron chi connectivity index (χ4n) is 3.08. The first kappa shape index (κ1) is 15.9. The number of anilines is 2. The first-order chi connectivity index (χ1) is 12.2. The fourth-order valence-corrected chi connectivity index (χ4v) is 3.96. The highest BCUT2D eigenvalue weighted by molar-refractivity contribution is 7.17. The smallest absolute Gasteiger partial charge is 0.260 e. The largest absolute Gasteiger partial charge is 0.439 e. The summed E-state index contributed by atoms with van der Waals surface area (Å²) >= 11 is 1.25. The van der Waals surface area contributed by atoms with Gasteiger partial charge in [0.2, 0.25) is 5.43 Å². The van der Waals surface area contributed by atoms with Gasteiger partial charge in [0, 0.05) is 30.2 Å². The summed E-state index contributed by atoms with van der Waals surface area (Å²) in [6.45, 7) is 1.76. The lowest BCUT2D eigenvalue weighted by molar-refractivity contribution is 0.102. The van der Waals surface area contributed by atoms with Crippen molar-refractivity contribution >= 4 is 39.1 Å². The van der Waals surface area contributed by atoms with Crippen molar-refractivity contribution in [3.05, 3.63) is 57.6 Å². The molecule has 0 spiro atoms. The molecule has 25 heavy (non-hydrogen) atoms. The number of amides is 1. The Kier molecular flexibility index (Phi) is 4.28. The lowest BCUT2D eigenvalue weighted by atomic mass is 10.1. The maximum Gasteiger partial charge on any atom is 0.260 e. The van der Waals surface area contributed by atoms with Crippen molar-refractivity contribution < 1.29 is 9.21 Å². The minimum Gasteiger partial charge on any atom is -0.439 e. The zero-order valence-electron chi connectivity index (χ0n) is 13.7. The second-order valence-electron chi connectivity index (χ2n) is 6.12. The van der Waals surface area contributed by atoms with Crippen LogP contribution in [0.5, 0.6) is 0 Å². The van der Waals surface area contributed by atoms with Crippen LogP contribution in [-0.2, 0) is 0 Å². The number of para-hydroxylation sites is 1. The summed E-state index contributed by atoms with van der Waals surface area (Å²) in [6, 6.07) is 10.8. The second kappa shape index (κ2) is 6.72. The summed E-state index contributed by atoms with van der Waals surface area (Å²) in [4.78, 5) is 27.1. The topological polar surface area (TPSA) is 62.6 Å². The summed E-state index contributed by atoms with van der Waals surface area (Å²) in [6.07, 6.45) is 3.38. The van der Waals surface area contributed by atoms with Gasteiger partial charge < -0.3 is 14.6 Å². The lowest BCUT2D eigenvalue weighted by Gasteiger charge is -2.26. The van der Waals surface area contributed by atoms with Gasteiger partial charge in [0.05, 0.1) is 5.56 Å².